The normalized spacial score (nSPS) is 17.4. The lowest BCUT2D eigenvalue weighted by molar-refractivity contribution is 0.419. The monoisotopic (exact) mass is 257 g/mol. The van der Waals surface area contributed by atoms with Gasteiger partial charge in [-0.15, -0.1) is 0 Å². The van der Waals surface area contributed by atoms with Crippen LogP contribution in [0.25, 0.3) is 0 Å². The predicted octanol–water partition coefficient (Wildman–Crippen LogP) is 4.37. The molecule has 1 aliphatic carbocycles. The first-order chi connectivity index (χ1) is 8.75. The zero-order valence-corrected chi connectivity index (χ0v) is 11.5. The van der Waals surface area contributed by atoms with Crippen LogP contribution in [0.15, 0.2) is 35.0 Å². The molecule has 3 rings (SSSR count). The third-order valence-electron chi connectivity index (χ3n) is 4.10. The standard InChI is InChI=1S/C16H19NS/c1-11-9-18-10-15(11)16(17)14-7-5-13(6-8-14)12-3-2-4-12/h5-10,12,16H,2-4,17H2,1H3. The fourth-order valence-corrected chi connectivity index (χ4v) is 3.47. The molecule has 94 valence electrons. The quantitative estimate of drug-likeness (QED) is 0.868. The third kappa shape index (κ3) is 2.11. The second-order valence-corrected chi connectivity index (χ2v) is 6.03. The average Bonchev–Trinajstić information content (AvgIpc) is 2.73. The van der Waals surface area contributed by atoms with Crippen molar-refractivity contribution in [3.05, 3.63) is 57.3 Å². The highest BCUT2D eigenvalue weighted by molar-refractivity contribution is 7.08. The molecule has 1 fully saturated rings. The number of hydrogen-bond acceptors (Lipinski definition) is 2. The van der Waals surface area contributed by atoms with Crippen molar-refractivity contribution in [1.29, 1.82) is 0 Å². The van der Waals surface area contributed by atoms with Crippen molar-refractivity contribution in [1.82, 2.24) is 0 Å². The van der Waals surface area contributed by atoms with E-state index in [0.717, 1.165) is 5.92 Å². The molecule has 18 heavy (non-hydrogen) atoms. The fourth-order valence-electron chi connectivity index (χ4n) is 2.59. The Morgan fingerprint density at radius 2 is 1.89 bits per heavy atom. The molecule has 1 heterocycles. The van der Waals surface area contributed by atoms with Gasteiger partial charge in [-0.25, -0.2) is 0 Å². The maximum absolute atomic E-state index is 6.34. The minimum Gasteiger partial charge on any atom is -0.320 e. The SMILES string of the molecule is Cc1cscc1C(N)c1ccc(C2CCC2)cc1. The van der Waals surface area contributed by atoms with E-state index in [-0.39, 0.29) is 6.04 Å². The van der Waals surface area contributed by atoms with Crippen molar-refractivity contribution in [2.24, 2.45) is 5.73 Å². The Kier molecular flexibility index (Phi) is 3.23. The lowest BCUT2D eigenvalue weighted by Gasteiger charge is -2.26. The predicted molar refractivity (Wildman–Crippen MR) is 78.1 cm³/mol. The van der Waals surface area contributed by atoms with Crippen molar-refractivity contribution in [3.63, 3.8) is 0 Å². The van der Waals surface area contributed by atoms with Gasteiger partial charge in [0.1, 0.15) is 0 Å². The molecular weight excluding hydrogens is 238 g/mol. The lowest BCUT2D eigenvalue weighted by Crippen LogP contribution is -2.13. The van der Waals surface area contributed by atoms with Crippen LogP contribution < -0.4 is 5.73 Å². The van der Waals surface area contributed by atoms with Crippen LogP contribution in [-0.2, 0) is 0 Å². The minimum atomic E-state index is 0.0201. The molecule has 2 heteroatoms. The Hall–Kier alpha value is -1.12. The molecule has 0 amide bonds. The summed E-state index contributed by atoms with van der Waals surface area (Å²) in [6.45, 7) is 2.13. The van der Waals surface area contributed by atoms with Gasteiger partial charge in [0.2, 0.25) is 0 Å². The highest BCUT2D eigenvalue weighted by atomic mass is 32.1. The lowest BCUT2D eigenvalue weighted by atomic mass is 9.79. The third-order valence-corrected chi connectivity index (χ3v) is 4.98. The molecule has 2 aromatic rings. The summed E-state index contributed by atoms with van der Waals surface area (Å²) in [4.78, 5) is 0. The van der Waals surface area contributed by atoms with Gasteiger partial charge in [-0.1, -0.05) is 30.7 Å². The molecule has 0 spiro atoms. The molecule has 0 radical (unpaired) electrons. The number of thiophene rings is 1. The van der Waals surface area contributed by atoms with E-state index < -0.39 is 0 Å². The maximum Gasteiger partial charge on any atom is 0.0562 e. The first kappa shape index (κ1) is 11.9. The van der Waals surface area contributed by atoms with Gasteiger partial charge in [0.15, 0.2) is 0 Å². The van der Waals surface area contributed by atoms with Crippen molar-refractivity contribution < 1.29 is 0 Å². The van der Waals surface area contributed by atoms with Crippen LogP contribution in [0.5, 0.6) is 0 Å². The fraction of sp³-hybridized carbons (Fsp3) is 0.375. The zero-order valence-electron chi connectivity index (χ0n) is 10.7. The largest absolute Gasteiger partial charge is 0.320 e. The van der Waals surface area contributed by atoms with E-state index in [1.807, 2.05) is 0 Å². The molecule has 0 saturated heterocycles. The van der Waals surface area contributed by atoms with Gasteiger partial charge in [0, 0.05) is 0 Å². The van der Waals surface area contributed by atoms with Gasteiger partial charge in [-0.3, -0.25) is 0 Å². The van der Waals surface area contributed by atoms with Crippen LogP contribution in [0.4, 0.5) is 0 Å². The van der Waals surface area contributed by atoms with Crippen molar-refractivity contribution in [3.8, 4) is 0 Å². The number of benzene rings is 1. The molecular formula is C16H19NS. The Bertz CT molecular complexity index is 522. The van der Waals surface area contributed by atoms with Gasteiger partial charge >= 0.3 is 0 Å². The van der Waals surface area contributed by atoms with Gasteiger partial charge in [0.05, 0.1) is 6.04 Å². The van der Waals surface area contributed by atoms with Crippen LogP contribution in [0.1, 0.15) is 53.5 Å². The summed E-state index contributed by atoms with van der Waals surface area (Å²) in [6.07, 6.45) is 4.10. The summed E-state index contributed by atoms with van der Waals surface area (Å²) in [5, 5.41) is 4.33. The van der Waals surface area contributed by atoms with Crippen molar-refractivity contribution in [2.45, 2.75) is 38.1 Å². The Morgan fingerprint density at radius 3 is 2.39 bits per heavy atom. The van der Waals surface area contributed by atoms with Crippen molar-refractivity contribution >= 4 is 11.3 Å². The van der Waals surface area contributed by atoms with E-state index in [0.29, 0.717) is 0 Å². The number of nitrogens with two attached hydrogens (primary N) is 1. The Balaban J connectivity index is 1.82. The van der Waals surface area contributed by atoms with Crippen LogP contribution in [0.2, 0.25) is 0 Å². The van der Waals surface area contributed by atoms with Gasteiger partial charge < -0.3 is 5.73 Å². The number of rotatable bonds is 3. The van der Waals surface area contributed by atoms with Crippen LogP contribution in [0.3, 0.4) is 0 Å². The zero-order chi connectivity index (χ0) is 12.5. The molecule has 1 aromatic carbocycles. The van der Waals surface area contributed by atoms with Gasteiger partial charge in [0.25, 0.3) is 0 Å². The second-order valence-electron chi connectivity index (χ2n) is 5.28. The first-order valence-electron chi connectivity index (χ1n) is 6.64. The van der Waals surface area contributed by atoms with Crippen LogP contribution in [0, 0.1) is 6.92 Å². The second kappa shape index (κ2) is 4.87. The molecule has 0 aliphatic heterocycles. The van der Waals surface area contributed by atoms with E-state index >= 15 is 0 Å². The minimum absolute atomic E-state index is 0.0201. The van der Waals surface area contributed by atoms with E-state index in [2.05, 4.69) is 41.9 Å². The first-order valence-corrected chi connectivity index (χ1v) is 7.58. The van der Waals surface area contributed by atoms with E-state index in [1.54, 1.807) is 11.3 Å². The number of aryl methyl sites for hydroxylation is 1. The molecule has 0 bridgehead atoms. The molecule has 1 aromatic heterocycles. The molecule has 1 atom stereocenters. The summed E-state index contributed by atoms with van der Waals surface area (Å²) in [7, 11) is 0. The van der Waals surface area contributed by atoms with E-state index in [4.69, 9.17) is 5.73 Å². The maximum atomic E-state index is 6.34. The van der Waals surface area contributed by atoms with Crippen LogP contribution in [-0.4, -0.2) is 0 Å². The number of hydrogen-bond donors (Lipinski definition) is 1. The molecule has 2 N–H and O–H groups in total. The van der Waals surface area contributed by atoms with Gasteiger partial charge in [-0.05, 0) is 58.7 Å². The molecule has 1 aliphatic rings. The smallest absolute Gasteiger partial charge is 0.0562 e. The van der Waals surface area contributed by atoms with E-state index in [1.165, 1.54) is 41.5 Å². The Morgan fingerprint density at radius 1 is 1.17 bits per heavy atom. The van der Waals surface area contributed by atoms with Gasteiger partial charge in [-0.2, -0.15) is 11.3 Å². The van der Waals surface area contributed by atoms with Crippen molar-refractivity contribution in [2.75, 3.05) is 0 Å². The molecule has 1 nitrogen and oxygen atoms in total. The summed E-state index contributed by atoms with van der Waals surface area (Å²) in [5.74, 6) is 0.804. The highest BCUT2D eigenvalue weighted by Crippen LogP contribution is 2.36. The molecule has 1 saturated carbocycles. The highest BCUT2D eigenvalue weighted by Gasteiger charge is 2.19. The summed E-state index contributed by atoms with van der Waals surface area (Å²) in [5.41, 5.74) is 11.6. The Labute approximate surface area is 113 Å². The summed E-state index contributed by atoms with van der Waals surface area (Å²) in [6, 6.07) is 8.96. The van der Waals surface area contributed by atoms with E-state index in [9.17, 15) is 0 Å². The average molecular weight is 257 g/mol. The summed E-state index contributed by atoms with van der Waals surface area (Å²) >= 11 is 1.73. The summed E-state index contributed by atoms with van der Waals surface area (Å²) < 4.78 is 0. The topological polar surface area (TPSA) is 26.0 Å². The molecule has 1 unspecified atom stereocenters. The van der Waals surface area contributed by atoms with Crippen LogP contribution >= 0.6 is 11.3 Å².